The Bertz CT molecular complexity index is 353. The Labute approximate surface area is 78.1 Å². The van der Waals surface area contributed by atoms with Gasteiger partial charge in [-0.1, -0.05) is 0 Å². The Hall–Kier alpha value is -0.710. The van der Waals surface area contributed by atoms with E-state index in [4.69, 9.17) is 5.11 Å². The highest BCUT2D eigenvalue weighted by molar-refractivity contribution is 7.10. The van der Waals surface area contributed by atoms with E-state index in [1.54, 1.807) is 11.3 Å². The molecule has 0 unspecified atom stereocenters. The Morgan fingerprint density at radius 1 is 1.42 bits per heavy atom. The first-order chi connectivity index (χ1) is 5.90. The van der Waals surface area contributed by atoms with Gasteiger partial charge in [-0.2, -0.15) is 11.3 Å². The van der Waals surface area contributed by atoms with Crippen LogP contribution in [0, 0.1) is 0 Å². The second-order valence-corrected chi connectivity index (χ2v) is 4.02. The molecule has 0 bridgehead atoms. The highest BCUT2D eigenvalue weighted by Crippen LogP contribution is 2.23. The van der Waals surface area contributed by atoms with Crippen LogP contribution >= 0.6 is 22.7 Å². The second kappa shape index (κ2) is 3.35. The first-order valence-corrected chi connectivity index (χ1v) is 5.30. The summed E-state index contributed by atoms with van der Waals surface area (Å²) in [5.41, 5.74) is 2.10. The van der Waals surface area contributed by atoms with Crippen molar-refractivity contribution < 1.29 is 5.11 Å². The topological polar surface area (TPSA) is 33.1 Å². The van der Waals surface area contributed by atoms with Crippen molar-refractivity contribution >= 4 is 22.7 Å². The molecule has 0 radical (unpaired) electrons. The number of hydrogen-bond donors (Lipinski definition) is 1. The van der Waals surface area contributed by atoms with Crippen LogP contribution in [0.5, 0.6) is 0 Å². The Morgan fingerprint density at radius 3 is 2.92 bits per heavy atom. The number of thiophene rings is 1. The number of rotatable bonds is 2. The average molecular weight is 197 g/mol. The molecular formula is C8H7NOS2. The number of nitrogens with zero attached hydrogens (tertiary/aromatic N) is 1. The van der Waals surface area contributed by atoms with E-state index in [0.29, 0.717) is 0 Å². The Kier molecular flexibility index (Phi) is 2.21. The maximum atomic E-state index is 8.80. The van der Waals surface area contributed by atoms with Crippen LogP contribution in [-0.2, 0) is 6.61 Å². The molecule has 4 heteroatoms. The largest absolute Gasteiger partial charge is 0.389 e. The molecule has 2 aromatic heterocycles. The van der Waals surface area contributed by atoms with E-state index in [9.17, 15) is 0 Å². The van der Waals surface area contributed by atoms with Crippen LogP contribution in [0.4, 0.5) is 0 Å². The number of aromatic nitrogens is 1. The van der Waals surface area contributed by atoms with Gasteiger partial charge in [0.1, 0.15) is 5.01 Å². The summed E-state index contributed by atoms with van der Waals surface area (Å²) in [6.07, 6.45) is 0. The lowest BCUT2D eigenvalue weighted by Gasteiger charge is -1.86. The quantitative estimate of drug-likeness (QED) is 0.801. The van der Waals surface area contributed by atoms with Crippen molar-refractivity contribution in [3.63, 3.8) is 0 Å². The zero-order valence-electron chi connectivity index (χ0n) is 6.23. The van der Waals surface area contributed by atoms with E-state index in [-0.39, 0.29) is 6.61 Å². The predicted octanol–water partition coefficient (Wildman–Crippen LogP) is 2.36. The third kappa shape index (κ3) is 1.41. The van der Waals surface area contributed by atoms with Crippen LogP contribution in [0.25, 0.3) is 11.3 Å². The highest BCUT2D eigenvalue weighted by atomic mass is 32.1. The molecule has 2 rings (SSSR count). The number of hydrogen-bond acceptors (Lipinski definition) is 4. The zero-order valence-corrected chi connectivity index (χ0v) is 7.86. The van der Waals surface area contributed by atoms with Gasteiger partial charge in [0.25, 0.3) is 0 Å². The fraction of sp³-hybridized carbons (Fsp3) is 0.125. The molecule has 0 atom stereocenters. The second-order valence-electron chi connectivity index (χ2n) is 2.30. The van der Waals surface area contributed by atoms with Gasteiger partial charge in [0.05, 0.1) is 12.3 Å². The third-order valence-corrected chi connectivity index (χ3v) is 3.02. The van der Waals surface area contributed by atoms with Gasteiger partial charge in [-0.3, -0.25) is 0 Å². The van der Waals surface area contributed by atoms with E-state index in [1.807, 2.05) is 16.8 Å². The Morgan fingerprint density at radius 2 is 2.33 bits per heavy atom. The van der Waals surface area contributed by atoms with Gasteiger partial charge in [0.15, 0.2) is 0 Å². The minimum atomic E-state index is 0.0365. The lowest BCUT2D eigenvalue weighted by atomic mass is 10.3. The highest BCUT2D eigenvalue weighted by Gasteiger charge is 2.02. The van der Waals surface area contributed by atoms with Crippen LogP contribution in [0.15, 0.2) is 22.2 Å². The van der Waals surface area contributed by atoms with Crippen LogP contribution < -0.4 is 0 Å². The van der Waals surface area contributed by atoms with E-state index in [2.05, 4.69) is 10.4 Å². The minimum absolute atomic E-state index is 0.0365. The van der Waals surface area contributed by atoms with Gasteiger partial charge in [0, 0.05) is 16.3 Å². The summed E-state index contributed by atoms with van der Waals surface area (Å²) < 4.78 is 0. The first-order valence-electron chi connectivity index (χ1n) is 3.48. The van der Waals surface area contributed by atoms with Gasteiger partial charge in [-0.05, 0) is 11.4 Å². The molecule has 0 aliphatic carbocycles. The van der Waals surface area contributed by atoms with Gasteiger partial charge in [0.2, 0.25) is 0 Å². The molecule has 12 heavy (non-hydrogen) atoms. The lowest BCUT2D eigenvalue weighted by Crippen LogP contribution is -1.79. The predicted molar refractivity (Wildman–Crippen MR) is 51.3 cm³/mol. The minimum Gasteiger partial charge on any atom is -0.389 e. The Balaban J connectivity index is 2.35. The summed E-state index contributed by atoms with van der Waals surface area (Å²) in [6, 6.07) is 2.03. The van der Waals surface area contributed by atoms with E-state index in [1.165, 1.54) is 11.3 Å². The van der Waals surface area contributed by atoms with Gasteiger partial charge < -0.3 is 5.11 Å². The van der Waals surface area contributed by atoms with Gasteiger partial charge in [-0.25, -0.2) is 4.98 Å². The fourth-order valence-corrected chi connectivity index (χ4v) is 2.24. The summed E-state index contributed by atoms with van der Waals surface area (Å²) in [5.74, 6) is 0. The molecule has 62 valence electrons. The molecule has 0 aliphatic heterocycles. The summed E-state index contributed by atoms with van der Waals surface area (Å²) in [6.45, 7) is 0.0365. The first kappa shape index (κ1) is 7.91. The normalized spacial score (nSPS) is 10.4. The molecule has 0 saturated carbocycles. The zero-order chi connectivity index (χ0) is 8.39. The molecular weight excluding hydrogens is 190 g/mol. The molecule has 0 fully saturated rings. The molecule has 0 saturated heterocycles. The van der Waals surface area contributed by atoms with Crippen molar-refractivity contribution in [3.8, 4) is 11.3 Å². The van der Waals surface area contributed by atoms with E-state index < -0.39 is 0 Å². The summed E-state index contributed by atoms with van der Waals surface area (Å²) >= 11 is 3.14. The monoisotopic (exact) mass is 197 g/mol. The number of thiazole rings is 1. The SMILES string of the molecule is OCc1nc(-c2ccsc2)cs1. The fourth-order valence-electron chi connectivity index (χ4n) is 0.926. The molecule has 0 aromatic carbocycles. The molecule has 0 aliphatic rings. The van der Waals surface area contributed by atoms with Crippen molar-refractivity contribution in [2.45, 2.75) is 6.61 Å². The van der Waals surface area contributed by atoms with Crippen molar-refractivity contribution in [1.29, 1.82) is 0 Å². The van der Waals surface area contributed by atoms with E-state index in [0.717, 1.165) is 16.3 Å². The standard InChI is InChI=1S/C8H7NOS2/c10-3-8-9-7(5-12-8)6-1-2-11-4-6/h1-2,4-5,10H,3H2. The average Bonchev–Trinajstić information content (AvgIpc) is 2.75. The molecule has 2 heterocycles. The smallest absolute Gasteiger partial charge is 0.119 e. The summed E-state index contributed by atoms with van der Waals surface area (Å²) in [4.78, 5) is 4.25. The van der Waals surface area contributed by atoms with Crippen LogP contribution in [0.1, 0.15) is 5.01 Å². The summed E-state index contributed by atoms with van der Waals surface area (Å²) in [5, 5.41) is 15.6. The molecule has 0 spiro atoms. The molecule has 1 N–H and O–H groups in total. The van der Waals surface area contributed by atoms with Crippen LogP contribution in [-0.4, -0.2) is 10.1 Å². The lowest BCUT2D eigenvalue weighted by molar-refractivity contribution is 0.281. The maximum absolute atomic E-state index is 8.80. The van der Waals surface area contributed by atoms with Crippen molar-refractivity contribution in [3.05, 3.63) is 27.2 Å². The van der Waals surface area contributed by atoms with Crippen LogP contribution in [0.2, 0.25) is 0 Å². The maximum Gasteiger partial charge on any atom is 0.119 e. The van der Waals surface area contributed by atoms with Crippen molar-refractivity contribution in [2.75, 3.05) is 0 Å². The number of aliphatic hydroxyl groups excluding tert-OH is 1. The third-order valence-electron chi connectivity index (χ3n) is 1.50. The van der Waals surface area contributed by atoms with Crippen LogP contribution in [0.3, 0.4) is 0 Å². The van der Waals surface area contributed by atoms with E-state index >= 15 is 0 Å². The summed E-state index contributed by atoms with van der Waals surface area (Å²) in [7, 11) is 0. The number of aliphatic hydroxyl groups is 1. The van der Waals surface area contributed by atoms with Gasteiger partial charge >= 0.3 is 0 Å². The molecule has 2 nitrogen and oxygen atoms in total. The molecule has 2 aromatic rings. The van der Waals surface area contributed by atoms with Gasteiger partial charge in [-0.15, -0.1) is 11.3 Å². The van der Waals surface area contributed by atoms with Crippen molar-refractivity contribution in [2.24, 2.45) is 0 Å². The van der Waals surface area contributed by atoms with Crippen molar-refractivity contribution in [1.82, 2.24) is 4.98 Å². The molecule has 0 amide bonds.